The number of benzene rings is 2. The number of nitrogen functional groups attached to an aromatic ring is 1. The molecule has 2 aromatic rings. The molecule has 0 bridgehead atoms. The fourth-order valence-electron chi connectivity index (χ4n) is 1.64. The first kappa shape index (κ1) is 15.7. The lowest BCUT2D eigenvalue weighted by molar-refractivity contribution is 0.417. The largest absolute Gasteiger partial charge is 0.495 e. The zero-order chi connectivity index (χ0) is 16.3. The summed E-state index contributed by atoms with van der Waals surface area (Å²) in [5, 5.41) is 0. The number of rotatable bonds is 1. The van der Waals surface area contributed by atoms with Gasteiger partial charge in [-0.15, -0.1) is 0 Å². The van der Waals surface area contributed by atoms with Crippen molar-refractivity contribution in [2.45, 2.75) is 0 Å². The molecule has 0 spiro atoms. The van der Waals surface area contributed by atoms with E-state index in [0.717, 1.165) is 11.1 Å². The van der Waals surface area contributed by atoms with Gasteiger partial charge in [-0.3, -0.25) is 0 Å². The monoisotopic (exact) mass is 295 g/mol. The number of nitrogens with two attached hydrogens (primary N) is 1. The smallest absolute Gasteiger partial charge is 0.142 e. The van der Waals surface area contributed by atoms with Crippen LogP contribution in [0.2, 0.25) is 0 Å². The van der Waals surface area contributed by atoms with E-state index in [1.807, 2.05) is 36.4 Å². The van der Waals surface area contributed by atoms with Crippen molar-refractivity contribution in [3.05, 3.63) is 59.7 Å². The Bertz CT molecular complexity index is 928. The highest BCUT2D eigenvalue weighted by molar-refractivity contribution is 5.57. The van der Waals surface area contributed by atoms with Crippen LogP contribution in [-0.4, -0.2) is 7.11 Å². The Morgan fingerprint density at radius 3 is 2.00 bits per heavy atom. The van der Waals surface area contributed by atoms with Crippen molar-refractivity contribution in [1.82, 2.24) is 0 Å². The van der Waals surface area contributed by atoms with Gasteiger partial charge in [0.15, 0.2) is 0 Å². The van der Waals surface area contributed by atoms with Crippen LogP contribution in [0.4, 0.5) is 5.69 Å². The van der Waals surface area contributed by atoms with Gasteiger partial charge < -0.3 is 10.5 Å². The second-order valence-electron chi connectivity index (χ2n) is 4.32. The Morgan fingerprint density at radius 1 is 0.739 bits per heavy atom. The average molecular weight is 295 g/mol. The molecule has 0 heterocycles. The first-order valence-corrected chi connectivity index (χ1v) is 6.80. The van der Waals surface area contributed by atoms with Crippen LogP contribution in [0.15, 0.2) is 48.5 Å². The third-order valence-electron chi connectivity index (χ3n) is 2.73. The highest BCUT2D eigenvalue weighted by Crippen LogP contribution is 2.21. The normalized spacial score (nSPS) is 7.87. The lowest BCUT2D eigenvalue weighted by atomic mass is 10.2. The molecule has 108 valence electrons. The Hall–Kier alpha value is -3.72. The highest BCUT2D eigenvalue weighted by Gasteiger charge is 1.97. The Kier molecular flexibility index (Phi) is 5.82. The van der Waals surface area contributed by atoms with Crippen LogP contribution in [0.1, 0.15) is 11.1 Å². The molecule has 2 aromatic carbocycles. The van der Waals surface area contributed by atoms with E-state index < -0.39 is 0 Å². The summed E-state index contributed by atoms with van der Waals surface area (Å²) in [6, 6.07) is 15.0. The molecule has 0 aliphatic rings. The number of methoxy groups -OCH3 is 1. The first-order valence-electron chi connectivity index (χ1n) is 6.80. The molecule has 0 aromatic heterocycles. The Balaban J connectivity index is 1.98. The van der Waals surface area contributed by atoms with Gasteiger partial charge in [-0.25, -0.2) is 0 Å². The van der Waals surface area contributed by atoms with Gasteiger partial charge in [-0.2, -0.15) is 0 Å². The third kappa shape index (κ3) is 5.28. The minimum absolute atomic E-state index is 0.576. The van der Waals surface area contributed by atoms with E-state index in [4.69, 9.17) is 10.5 Å². The van der Waals surface area contributed by atoms with Crippen molar-refractivity contribution in [1.29, 1.82) is 0 Å². The molecule has 0 atom stereocenters. The molecule has 0 unspecified atom stereocenters. The van der Waals surface area contributed by atoms with E-state index >= 15 is 0 Å². The molecular weight excluding hydrogens is 282 g/mol. The molecule has 23 heavy (non-hydrogen) atoms. The summed E-state index contributed by atoms with van der Waals surface area (Å²) in [7, 11) is 1.56. The standard InChI is InChI=1S/C21H13NO/c1-23-21-17-19(15-16-20(21)22)14-8-5-3-2-4-7-11-18-12-9-6-10-13-18/h6,9-10,12-13,15-17H,22H2,1H3. The van der Waals surface area contributed by atoms with Gasteiger partial charge in [0.2, 0.25) is 0 Å². The first-order chi connectivity index (χ1) is 11.3. The molecule has 0 amide bonds. The number of anilines is 1. The van der Waals surface area contributed by atoms with Gasteiger partial charge in [-0.05, 0) is 65.9 Å². The summed E-state index contributed by atoms with van der Waals surface area (Å²) < 4.78 is 5.13. The lowest BCUT2D eigenvalue weighted by Crippen LogP contribution is -1.92. The van der Waals surface area contributed by atoms with Crippen molar-refractivity contribution < 1.29 is 4.74 Å². The summed E-state index contributed by atoms with van der Waals surface area (Å²) in [6.45, 7) is 0. The molecule has 2 nitrogen and oxygen atoms in total. The topological polar surface area (TPSA) is 35.2 Å². The minimum Gasteiger partial charge on any atom is -0.495 e. The predicted molar refractivity (Wildman–Crippen MR) is 93.2 cm³/mol. The van der Waals surface area contributed by atoms with Gasteiger partial charge >= 0.3 is 0 Å². The molecule has 0 radical (unpaired) electrons. The second kappa shape index (κ2) is 8.54. The Morgan fingerprint density at radius 2 is 1.35 bits per heavy atom. The van der Waals surface area contributed by atoms with Crippen LogP contribution in [-0.2, 0) is 0 Å². The molecule has 0 saturated heterocycles. The van der Waals surface area contributed by atoms with Crippen LogP contribution in [0.3, 0.4) is 0 Å². The predicted octanol–water partition coefficient (Wildman–Crippen LogP) is 2.69. The van der Waals surface area contributed by atoms with E-state index in [-0.39, 0.29) is 0 Å². The fourth-order valence-corrected chi connectivity index (χ4v) is 1.64. The SMILES string of the molecule is COc1cc(C#CC#CC#CC#Cc2ccccc2)ccc1N. The van der Waals surface area contributed by atoms with Gasteiger partial charge in [-0.1, -0.05) is 30.0 Å². The Labute approximate surface area is 136 Å². The van der Waals surface area contributed by atoms with Crippen LogP contribution in [0, 0.1) is 47.4 Å². The fraction of sp³-hybridized carbons (Fsp3) is 0.0476. The summed E-state index contributed by atoms with van der Waals surface area (Å²) in [5.41, 5.74) is 8.01. The summed E-state index contributed by atoms with van der Waals surface area (Å²) in [4.78, 5) is 0. The minimum atomic E-state index is 0.576. The lowest BCUT2D eigenvalue weighted by Gasteiger charge is -2.03. The van der Waals surface area contributed by atoms with Crippen molar-refractivity contribution in [3.63, 3.8) is 0 Å². The van der Waals surface area contributed by atoms with Gasteiger partial charge in [0.25, 0.3) is 0 Å². The van der Waals surface area contributed by atoms with Crippen molar-refractivity contribution >= 4 is 5.69 Å². The molecule has 0 saturated carbocycles. The summed E-state index contributed by atoms with van der Waals surface area (Å²) in [6.07, 6.45) is 0. The molecule has 2 N–H and O–H groups in total. The third-order valence-corrected chi connectivity index (χ3v) is 2.73. The van der Waals surface area contributed by atoms with E-state index in [1.165, 1.54) is 0 Å². The summed E-state index contributed by atoms with van der Waals surface area (Å²) in [5.74, 6) is 22.5. The molecule has 0 aliphatic carbocycles. The van der Waals surface area contributed by atoms with E-state index in [0.29, 0.717) is 11.4 Å². The van der Waals surface area contributed by atoms with Crippen molar-refractivity contribution in [2.24, 2.45) is 0 Å². The molecule has 2 heteroatoms. The van der Waals surface area contributed by atoms with Gasteiger partial charge in [0.1, 0.15) is 5.75 Å². The van der Waals surface area contributed by atoms with E-state index in [9.17, 15) is 0 Å². The molecular formula is C21H13NO. The zero-order valence-corrected chi connectivity index (χ0v) is 12.6. The second-order valence-corrected chi connectivity index (χ2v) is 4.32. The summed E-state index contributed by atoms with van der Waals surface area (Å²) >= 11 is 0. The molecule has 0 aliphatic heterocycles. The maximum Gasteiger partial charge on any atom is 0.142 e. The quantitative estimate of drug-likeness (QED) is 0.648. The van der Waals surface area contributed by atoms with Crippen LogP contribution < -0.4 is 10.5 Å². The van der Waals surface area contributed by atoms with E-state index in [1.54, 1.807) is 19.2 Å². The van der Waals surface area contributed by atoms with Crippen LogP contribution in [0.5, 0.6) is 5.75 Å². The van der Waals surface area contributed by atoms with E-state index in [2.05, 4.69) is 47.4 Å². The molecule has 0 fully saturated rings. The zero-order valence-electron chi connectivity index (χ0n) is 12.6. The van der Waals surface area contributed by atoms with Gasteiger partial charge in [0, 0.05) is 11.1 Å². The van der Waals surface area contributed by atoms with Crippen LogP contribution in [0.25, 0.3) is 0 Å². The maximum absolute atomic E-state index is 5.73. The van der Waals surface area contributed by atoms with Crippen molar-refractivity contribution in [3.8, 4) is 53.1 Å². The van der Waals surface area contributed by atoms with Crippen molar-refractivity contribution in [2.75, 3.05) is 12.8 Å². The molecule has 2 rings (SSSR count). The number of hydrogen-bond donors (Lipinski definition) is 1. The number of hydrogen-bond acceptors (Lipinski definition) is 2. The number of ether oxygens (including phenoxy) is 1. The average Bonchev–Trinajstić information content (AvgIpc) is 2.59. The van der Waals surface area contributed by atoms with Gasteiger partial charge in [0.05, 0.1) is 12.8 Å². The van der Waals surface area contributed by atoms with Crippen LogP contribution >= 0.6 is 0 Å². The highest BCUT2D eigenvalue weighted by atomic mass is 16.5. The maximum atomic E-state index is 5.73.